The zero-order valence-corrected chi connectivity index (χ0v) is 13.3. The van der Waals surface area contributed by atoms with Crippen molar-refractivity contribution in [3.8, 4) is 0 Å². The number of H-pyrrole nitrogens is 1. The minimum atomic E-state index is -0.0834. The number of piperidine rings is 1. The third-order valence-corrected chi connectivity index (χ3v) is 5.47. The summed E-state index contributed by atoms with van der Waals surface area (Å²) >= 11 is 0. The van der Waals surface area contributed by atoms with E-state index in [9.17, 15) is 9.59 Å². The van der Waals surface area contributed by atoms with Gasteiger partial charge in [0, 0.05) is 29.6 Å². The van der Waals surface area contributed by atoms with Gasteiger partial charge in [-0.3, -0.25) is 9.59 Å². The van der Waals surface area contributed by atoms with E-state index in [1.54, 1.807) is 6.07 Å². The molecule has 2 aromatic rings. The number of amides is 1. The molecule has 1 saturated carbocycles. The maximum Gasteiger partial charge on any atom is 0.270 e. The highest BCUT2D eigenvalue weighted by Gasteiger charge is 2.36. The normalized spacial score (nSPS) is 24.4. The molecule has 1 saturated heterocycles. The number of pyridine rings is 1. The molecule has 2 heterocycles. The number of hydrogen-bond acceptors (Lipinski definition) is 2. The molecule has 2 fully saturated rings. The summed E-state index contributed by atoms with van der Waals surface area (Å²) in [5, 5.41) is 0.637. The molecule has 120 valence electrons. The molecular weight excluding hydrogens is 288 g/mol. The van der Waals surface area contributed by atoms with Crippen molar-refractivity contribution in [3.05, 3.63) is 46.2 Å². The molecule has 1 aliphatic carbocycles. The van der Waals surface area contributed by atoms with Crippen LogP contribution >= 0.6 is 0 Å². The van der Waals surface area contributed by atoms with Crippen molar-refractivity contribution in [2.24, 2.45) is 5.92 Å². The molecule has 4 heteroatoms. The van der Waals surface area contributed by atoms with Gasteiger partial charge >= 0.3 is 0 Å². The van der Waals surface area contributed by atoms with Crippen LogP contribution in [0.3, 0.4) is 0 Å². The molecule has 4 nitrogen and oxygen atoms in total. The highest BCUT2D eigenvalue weighted by atomic mass is 16.2. The fourth-order valence-electron chi connectivity index (χ4n) is 4.34. The van der Waals surface area contributed by atoms with Crippen LogP contribution in [0, 0.1) is 5.92 Å². The van der Waals surface area contributed by atoms with Crippen LogP contribution in [0.15, 0.2) is 35.1 Å². The summed E-state index contributed by atoms with van der Waals surface area (Å²) in [6.07, 6.45) is 7.15. The smallest absolute Gasteiger partial charge is 0.270 e. The van der Waals surface area contributed by atoms with Crippen molar-refractivity contribution >= 4 is 16.8 Å². The fraction of sp³-hybridized carbons (Fsp3) is 0.474. The van der Waals surface area contributed by atoms with Crippen molar-refractivity contribution in [2.45, 2.75) is 44.6 Å². The zero-order valence-electron chi connectivity index (χ0n) is 13.3. The zero-order chi connectivity index (χ0) is 15.8. The first-order valence-electron chi connectivity index (χ1n) is 8.67. The van der Waals surface area contributed by atoms with Gasteiger partial charge in [-0.25, -0.2) is 0 Å². The number of aromatic amines is 1. The first-order valence-corrected chi connectivity index (χ1v) is 8.67. The molecule has 1 N–H and O–H groups in total. The standard InChI is InChI=1S/C19H22N2O2/c22-18-12-16(20-15-9-3-2-8-14(15)18)19(23)21-11-5-7-13-6-1-4-10-17(13)21/h2-3,8-9,12-13,17H,1,4-7,10-11H2,(H,20,22)/t13-,17+/m1/s1. The van der Waals surface area contributed by atoms with E-state index in [2.05, 4.69) is 4.98 Å². The van der Waals surface area contributed by atoms with Crippen LogP contribution in [-0.4, -0.2) is 28.4 Å². The minimum Gasteiger partial charge on any atom is -0.350 e. The Morgan fingerprint density at radius 1 is 1.09 bits per heavy atom. The van der Waals surface area contributed by atoms with Gasteiger partial charge in [0.25, 0.3) is 5.91 Å². The van der Waals surface area contributed by atoms with Crippen molar-refractivity contribution < 1.29 is 4.79 Å². The molecule has 1 aromatic carbocycles. The Morgan fingerprint density at radius 3 is 2.78 bits per heavy atom. The largest absolute Gasteiger partial charge is 0.350 e. The lowest BCUT2D eigenvalue weighted by atomic mass is 9.78. The van der Waals surface area contributed by atoms with Crippen LogP contribution in [0.4, 0.5) is 0 Å². The predicted molar refractivity (Wildman–Crippen MR) is 90.6 cm³/mol. The second-order valence-electron chi connectivity index (χ2n) is 6.85. The Bertz CT molecular complexity index is 793. The Kier molecular flexibility index (Phi) is 3.68. The number of hydrogen-bond donors (Lipinski definition) is 1. The van der Waals surface area contributed by atoms with Crippen LogP contribution in [0.2, 0.25) is 0 Å². The summed E-state index contributed by atoms with van der Waals surface area (Å²) in [6.45, 7) is 0.814. The number of likely N-dealkylation sites (tertiary alicyclic amines) is 1. The Hall–Kier alpha value is -2.10. The van der Waals surface area contributed by atoms with Gasteiger partial charge in [0.2, 0.25) is 0 Å². The number of nitrogens with one attached hydrogen (secondary N) is 1. The van der Waals surface area contributed by atoms with Gasteiger partial charge in [0.15, 0.2) is 5.43 Å². The number of nitrogens with zero attached hydrogens (tertiary/aromatic N) is 1. The SMILES string of the molecule is O=C(c1cc(=O)c2ccccc2[nH]1)N1CCC[C@H]2CCCC[C@@H]21. The second-order valence-corrected chi connectivity index (χ2v) is 6.85. The first-order chi connectivity index (χ1) is 11.2. The summed E-state index contributed by atoms with van der Waals surface area (Å²) in [6, 6.07) is 9.20. The number of benzene rings is 1. The van der Waals surface area contributed by atoms with Gasteiger partial charge < -0.3 is 9.88 Å². The lowest BCUT2D eigenvalue weighted by molar-refractivity contribution is 0.0385. The minimum absolute atomic E-state index is 0.00977. The second kappa shape index (κ2) is 5.84. The van der Waals surface area contributed by atoms with E-state index in [-0.39, 0.29) is 11.3 Å². The average molecular weight is 310 g/mol. The van der Waals surface area contributed by atoms with Gasteiger partial charge in [0.05, 0.1) is 0 Å². The number of rotatable bonds is 1. The maximum atomic E-state index is 13.0. The lowest BCUT2D eigenvalue weighted by Crippen LogP contribution is -2.50. The summed E-state index contributed by atoms with van der Waals surface area (Å²) in [7, 11) is 0. The molecular formula is C19H22N2O2. The third-order valence-electron chi connectivity index (χ3n) is 5.47. The van der Waals surface area contributed by atoms with Crippen LogP contribution in [0.1, 0.15) is 49.0 Å². The summed E-state index contributed by atoms with van der Waals surface area (Å²) in [5.41, 5.74) is 1.08. The molecule has 2 atom stereocenters. The number of carbonyl (C=O) groups excluding carboxylic acids is 1. The number of aromatic nitrogens is 1. The Balaban J connectivity index is 1.69. The van der Waals surface area contributed by atoms with E-state index >= 15 is 0 Å². The van der Waals surface area contributed by atoms with E-state index < -0.39 is 0 Å². The number of fused-ring (bicyclic) bond motifs is 2. The predicted octanol–water partition coefficient (Wildman–Crippen LogP) is 3.32. The van der Waals surface area contributed by atoms with Crippen LogP contribution < -0.4 is 5.43 Å². The van der Waals surface area contributed by atoms with Crippen molar-refractivity contribution in [1.29, 1.82) is 0 Å². The van der Waals surface area contributed by atoms with Gasteiger partial charge in [-0.1, -0.05) is 25.0 Å². The third kappa shape index (κ3) is 2.56. The van der Waals surface area contributed by atoms with E-state index in [1.165, 1.54) is 31.7 Å². The molecule has 1 amide bonds. The van der Waals surface area contributed by atoms with Crippen molar-refractivity contribution in [3.63, 3.8) is 0 Å². The lowest BCUT2D eigenvalue weighted by Gasteiger charge is -2.44. The average Bonchev–Trinajstić information content (AvgIpc) is 2.60. The van der Waals surface area contributed by atoms with E-state index in [0.29, 0.717) is 23.0 Å². The first kappa shape index (κ1) is 14.5. The molecule has 2 aliphatic rings. The van der Waals surface area contributed by atoms with Gasteiger partial charge in [-0.15, -0.1) is 0 Å². The van der Waals surface area contributed by atoms with Gasteiger partial charge in [0.1, 0.15) is 5.69 Å². The molecule has 0 radical (unpaired) electrons. The van der Waals surface area contributed by atoms with E-state index in [0.717, 1.165) is 24.9 Å². The summed E-state index contributed by atoms with van der Waals surface area (Å²) in [4.78, 5) is 30.5. The van der Waals surface area contributed by atoms with E-state index in [4.69, 9.17) is 0 Å². The molecule has 1 aromatic heterocycles. The van der Waals surface area contributed by atoms with Gasteiger partial charge in [-0.05, 0) is 43.7 Å². The monoisotopic (exact) mass is 310 g/mol. The van der Waals surface area contributed by atoms with Crippen LogP contribution in [-0.2, 0) is 0 Å². The molecule has 4 rings (SSSR count). The fourth-order valence-corrected chi connectivity index (χ4v) is 4.34. The molecule has 0 spiro atoms. The number of carbonyl (C=O) groups is 1. The van der Waals surface area contributed by atoms with Crippen LogP contribution in [0.25, 0.3) is 10.9 Å². The molecule has 0 bridgehead atoms. The Labute approximate surface area is 135 Å². The van der Waals surface area contributed by atoms with Crippen LogP contribution in [0.5, 0.6) is 0 Å². The summed E-state index contributed by atoms with van der Waals surface area (Å²) < 4.78 is 0. The maximum absolute atomic E-state index is 13.0. The van der Waals surface area contributed by atoms with Gasteiger partial charge in [-0.2, -0.15) is 0 Å². The van der Waals surface area contributed by atoms with Crippen molar-refractivity contribution in [2.75, 3.05) is 6.54 Å². The quantitative estimate of drug-likeness (QED) is 0.878. The molecule has 23 heavy (non-hydrogen) atoms. The van der Waals surface area contributed by atoms with Crippen molar-refractivity contribution in [1.82, 2.24) is 9.88 Å². The highest BCUT2D eigenvalue weighted by Crippen LogP contribution is 2.35. The molecule has 0 unspecified atom stereocenters. The topological polar surface area (TPSA) is 53.2 Å². The highest BCUT2D eigenvalue weighted by molar-refractivity contribution is 5.95. The molecule has 1 aliphatic heterocycles. The Morgan fingerprint density at radius 2 is 1.87 bits per heavy atom. The summed E-state index contributed by atoms with van der Waals surface area (Å²) in [5.74, 6) is 0.637. The number of para-hydroxylation sites is 1. The van der Waals surface area contributed by atoms with E-state index in [1.807, 2.05) is 23.1 Å².